The highest BCUT2D eigenvalue weighted by Crippen LogP contribution is 2.33. The molecule has 3 heterocycles. The lowest BCUT2D eigenvalue weighted by Gasteiger charge is -2.27. The molecule has 0 aliphatic carbocycles. The number of fused-ring (bicyclic) bond motifs is 1. The molecule has 3 nitrogen and oxygen atoms in total. The second-order valence-corrected chi connectivity index (χ2v) is 4.43. The van der Waals surface area contributed by atoms with E-state index in [0.29, 0.717) is 6.10 Å². The number of hydrogen-bond donors (Lipinski definition) is 1. The third-order valence-electron chi connectivity index (χ3n) is 3.48. The van der Waals surface area contributed by atoms with Crippen molar-refractivity contribution in [1.29, 1.82) is 0 Å². The first-order chi connectivity index (χ1) is 7.43. The number of aromatic nitrogens is 1. The lowest BCUT2D eigenvalue weighted by atomic mass is 9.90. The lowest BCUT2D eigenvalue weighted by Crippen LogP contribution is -2.36. The summed E-state index contributed by atoms with van der Waals surface area (Å²) in [5.41, 5.74) is 1.33. The van der Waals surface area contributed by atoms with Gasteiger partial charge in [0.25, 0.3) is 0 Å². The molecule has 1 atom stereocenters. The van der Waals surface area contributed by atoms with Crippen LogP contribution >= 0.6 is 0 Å². The van der Waals surface area contributed by atoms with E-state index in [0.717, 1.165) is 31.2 Å². The van der Waals surface area contributed by atoms with Gasteiger partial charge < -0.3 is 10.1 Å². The van der Waals surface area contributed by atoms with Crippen molar-refractivity contribution in [3.8, 4) is 5.75 Å². The Hall–Kier alpha value is -1.09. The van der Waals surface area contributed by atoms with Crippen molar-refractivity contribution in [3.63, 3.8) is 0 Å². The Morgan fingerprint density at radius 3 is 3.00 bits per heavy atom. The van der Waals surface area contributed by atoms with Crippen molar-refractivity contribution in [2.45, 2.75) is 25.4 Å². The van der Waals surface area contributed by atoms with Crippen molar-refractivity contribution in [2.24, 2.45) is 5.92 Å². The molecule has 0 aromatic carbocycles. The van der Waals surface area contributed by atoms with Crippen LogP contribution in [0.1, 0.15) is 18.4 Å². The fourth-order valence-corrected chi connectivity index (χ4v) is 2.58. The Morgan fingerprint density at radius 1 is 1.33 bits per heavy atom. The summed E-state index contributed by atoms with van der Waals surface area (Å²) in [6.07, 6.45) is 7.65. The molecule has 2 aliphatic heterocycles. The van der Waals surface area contributed by atoms with E-state index < -0.39 is 0 Å². The molecule has 80 valence electrons. The van der Waals surface area contributed by atoms with E-state index in [1.54, 1.807) is 0 Å². The summed E-state index contributed by atoms with van der Waals surface area (Å²) in [7, 11) is 0. The van der Waals surface area contributed by atoms with Gasteiger partial charge in [0, 0.05) is 18.2 Å². The molecular formula is C12H16N2O. The van der Waals surface area contributed by atoms with Gasteiger partial charge in [0.05, 0.1) is 6.20 Å². The number of piperidine rings is 1. The number of pyridine rings is 1. The van der Waals surface area contributed by atoms with E-state index in [1.807, 2.05) is 12.4 Å². The van der Waals surface area contributed by atoms with E-state index in [4.69, 9.17) is 4.74 Å². The highest BCUT2D eigenvalue weighted by atomic mass is 16.5. The van der Waals surface area contributed by atoms with Crippen LogP contribution in [-0.2, 0) is 6.42 Å². The number of hydrogen-bond acceptors (Lipinski definition) is 3. The summed E-state index contributed by atoms with van der Waals surface area (Å²) >= 11 is 0. The maximum Gasteiger partial charge on any atom is 0.141 e. The van der Waals surface area contributed by atoms with Crippen LogP contribution < -0.4 is 10.1 Å². The third kappa shape index (κ3) is 1.72. The first kappa shape index (κ1) is 9.16. The monoisotopic (exact) mass is 204 g/mol. The molecule has 3 rings (SSSR count). The zero-order valence-corrected chi connectivity index (χ0v) is 8.78. The first-order valence-electron chi connectivity index (χ1n) is 5.74. The molecule has 1 saturated heterocycles. The largest absolute Gasteiger partial charge is 0.488 e. The van der Waals surface area contributed by atoms with Crippen molar-refractivity contribution in [2.75, 3.05) is 13.1 Å². The van der Waals surface area contributed by atoms with Gasteiger partial charge in [-0.25, -0.2) is 0 Å². The summed E-state index contributed by atoms with van der Waals surface area (Å²) in [5.74, 6) is 1.72. The average molecular weight is 204 g/mol. The smallest absolute Gasteiger partial charge is 0.141 e. The van der Waals surface area contributed by atoms with Crippen molar-refractivity contribution in [1.82, 2.24) is 10.3 Å². The fourth-order valence-electron chi connectivity index (χ4n) is 2.58. The molecular weight excluding hydrogens is 188 g/mol. The standard InChI is InChI=1S/C12H16N2O/c1-4-13-5-2-9(1)11-7-10-3-6-14-8-12(10)15-11/h3,6,8-9,11,13H,1-2,4-5,7H2. The number of nitrogens with zero attached hydrogens (tertiary/aromatic N) is 1. The van der Waals surface area contributed by atoms with Gasteiger partial charge >= 0.3 is 0 Å². The third-order valence-corrected chi connectivity index (χ3v) is 3.48. The van der Waals surface area contributed by atoms with Crippen LogP contribution in [0.5, 0.6) is 5.75 Å². The van der Waals surface area contributed by atoms with Crippen LogP contribution in [0.4, 0.5) is 0 Å². The summed E-state index contributed by atoms with van der Waals surface area (Å²) in [6.45, 7) is 2.28. The van der Waals surface area contributed by atoms with Gasteiger partial charge in [-0.3, -0.25) is 4.98 Å². The van der Waals surface area contributed by atoms with Crippen LogP contribution in [0.2, 0.25) is 0 Å². The molecule has 1 N–H and O–H groups in total. The van der Waals surface area contributed by atoms with Gasteiger partial charge in [-0.1, -0.05) is 0 Å². The minimum absolute atomic E-state index is 0.395. The molecule has 1 aromatic heterocycles. The van der Waals surface area contributed by atoms with Crippen LogP contribution in [0.25, 0.3) is 0 Å². The van der Waals surface area contributed by atoms with Crippen LogP contribution in [0.15, 0.2) is 18.5 Å². The molecule has 0 saturated carbocycles. The fraction of sp³-hybridized carbons (Fsp3) is 0.583. The van der Waals surface area contributed by atoms with E-state index in [2.05, 4.69) is 16.4 Å². The van der Waals surface area contributed by atoms with Gasteiger partial charge in [-0.2, -0.15) is 0 Å². The zero-order chi connectivity index (χ0) is 10.1. The van der Waals surface area contributed by atoms with E-state index >= 15 is 0 Å². The van der Waals surface area contributed by atoms with E-state index in [1.165, 1.54) is 18.4 Å². The van der Waals surface area contributed by atoms with Crippen molar-refractivity contribution < 1.29 is 4.74 Å². The average Bonchev–Trinajstić information content (AvgIpc) is 2.74. The topological polar surface area (TPSA) is 34.1 Å². The number of ether oxygens (including phenoxy) is 1. The molecule has 0 radical (unpaired) electrons. The van der Waals surface area contributed by atoms with Crippen molar-refractivity contribution >= 4 is 0 Å². The Labute approximate surface area is 89.9 Å². The molecule has 15 heavy (non-hydrogen) atoms. The maximum absolute atomic E-state index is 5.96. The summed E-state index contributed by atoms with van der Waals surface area (Å²) < 4.78 is 5.96. The van der Waals surface area contributed by atoms with Crippen LogP contribution in [0, 0.1) is 5.92 Å². The molecule has 1 fully saturated rings. The minimum Gasteiger partial charge on any atom is -0.488 e. The minimum atomic E-state index is 0.395. The molecule has 0 amide bonds. The van der Waals surface area contributed by atoms with Gasteiger partial charge in [-0.15, -0.1) is 0 Å². The number of rotatable bonds is 1. The molecule has 1 aromatic rings. The Balaban J connectivity index is 1.72. The van der Waals surface area contributed by atoms with Gasteiger partial charge in [0.1, 0.15) is 11.9 Å². The summed E-state index contributed by atoms with van der Waals surface area (Å²) in [6, 6.07) is 2.08. The second kappa shape index (κ2) is 3.81. The number of nitrogens with one attached hydrogen (secondary N) is 1. The maximum atomic E-state index is 5.96. The molecule has 1 unspecified atom stereocenters. The van der Waals surface area contributed by atoms with Crippen LogP contribution in [0.3, 0.4) is 0 Å². The Morgan fingerprint density at radius 2 is 2.20 bits per heavy atom. The van der Waals surface area contributed by atoms with Gasteiger partial charge in [0.15, 0.2) is 0 Å². The first-order valence-corrected chi connectivity index (χ1v) is 5.74. The second-order valence-electron chi connectivity index (χ2n) is 4.43. The van der Waals surface area contributed by atoms with E-state index in [-0.39, 0.29) is 0 Å². The van der Waals surface area contributed by atoms with Crippen LogP contribution in [-0.4, -0.2) is 24.2 Å². The molecule has 0 bridgehead atoms. The quantitative estimate of drug-likeness (QED) is 0.750. The Bertz CT molecular complexity index is 322. The molecule has 0 spiro atoms. The highest BCUT2D eigenvalue weighted by Gasteiger charge is 2.30. The summed E-state index contributed by atoms with van der Waals surface area (Å²) in [5, 5.41) is 3.39. The predicted octanol–water partition coefficient (Wildman–Crippen LogP) is 1.38. The van der Waals surface area contributed by atoms with Crippen molar-refractivity contribution in [3.05, 3.63) is 24.0 Å². The summed E-state index contributed by atoms with van der Waals surface area (Å²) in [4.78, 5) is 4.10. The predicted molar refractivity (Wildman–Crippen MR) is 58.0 cm³/mol. The molecule has 3 heteroatoms. The van der Waals surface area contributed by atoms with E-state index in [9.17, 15) is 0 Å². The zero-order valence-electron chi connectivity index (χ0n) is 8.78. The highest BCUT2D eigenvalue weighted by molar-refractivity contribution is 5.34. The lowest BCUT2D eigenvalue weighted by molar-refractivity contribution is 0.133. The normalized spacial score (nSPS) is 26.0. The molecule has 2 aliphatic rings. The Kier molecular flexibility index (Phi) is 2.33. The SMILES string of the molecule is c1cc2c(cn1)OC(C1CCNCC1)C2. The van der Waals surface area contributed by atoms with Gasteiger partial charge in [-0.05, 0) is 37.9 Å². The van der Waals surface area contributed by atoms with Gasteiger partial charge in [0.2, 0.25) is 0 Å².